The van der Waals surface area contributed by atoms with Crippen LogP contribution in [0.5, 0.6) is 0 Å². The van der Waals surface area contributed by atoms with Crippen molar-refractivity contribution in [2.45, 2.75) is 97.6 Å². The second kappa shape index (κ2) is 14.6. The summed E-state index contributed by atoms with van der Waals surface area (Å²) in [6, 6.07) is -0.427. The van der Waals surface area contributed by atoms with Crippen LogP contribution in [0.3, 0.4) is 0 Å². The smallest absolute Gasteiger partial charge is 0.333 e. The molecule has 0 aliphatic heterocycles. The summed E-state index contributed by atoms with van der Waals surface area (Å²) in [7, 11) is 0. The maximum atomic E-state index is 13.0. The number of rotatable bonds is 12. The number of halogens is 1. The van der Waals surface area contributed by atoms with E-state index in [2.05, 4.69) is 31.9 Å². The van der Waals surface area contributed by atoms with Gasteiger partial charge in [-0.3, -0.25) is 9.69 Å². The Labute approximate surface area is 207 Å². The molecule has 6 nitrogen and oxygen atoms in total. The van der Waals surface area contributed by atoms with Gasteiger partial charge >= 0.3 is 5.97 Å². The highest BCUT2D eigenvalue weighted by Gasteiger charge is 2.46. The van der Waals surface area contributed by atoms with E-state index in [0.29, 0.717) is 31.7 Å². The van der Waals surface area contributed by atoms with Crippen LogP contribution in [0, 0.1) is 0 Å². The lowest BCUT2D eigenvalue weighted by Gasteiger charge is -2.51. The van der Waals surface area contributed by atoms with Gasteiger partial charge in [0.25, 0.3) is 0 Å². The molecular formula is C26H45ClN2O4. The average molecular weight is 485 g/mol. The summed E-state index contributed by atoms with van der Waals surface area (Å²) < 4.78 is 11.9. The van der Waals surface area contributed by atoms with Crippen molar-refractivity contribution in [3.05, 3.63) is 37.0 Å². The Morgan fingerprint density at radius 2 is 1.70 bits per heavy atom. The fraction of sp³-hybridized carbons (Fsp3) is 0.692. The Hall–Kier alpha value is -1.63. The molecule has 0 aromatic rings. The van der Waals surface area contributed by atoms with Crippen LogP contribution in [-0.2, 0) is 19.1 Å². The topological polar surface area (TPSA) is 59.1 Å². The molecule has 0 radical (unpaired) electrons. The lowest BCUT2D eigenvalue weighted by atomic mass is 9.83. The zero-order chi connectivity index (χ0) is 24.5. The highest BCUT2D eigenvalue weighted by molar-refractivity contribution is 5.89. The molecule has 1 aliphatic rings. The molecule has 0 aromatic heterocycles. The van der Waals surface area contributed by atoms with Gasteiger partial charge in [0.1, 0.15) is 0 Å². The quantitative estimate of drug-likeness (QED) is 0.290. The fourth-order valence-corrected chi connectivity index (χ4v) is 4.60. The van der Waals surface area contributed by atoms with E-state index < -0.39 is 11.6 Å². The van der Waals surface area contributed by atoms with E-state index in [9.17, 15) is 9.59 Å². The summed E-state index contributed by atoms with van der Waals surface area (Å²) in [6.45, 7) is 23.1. The molecule has 190 valence electrons. The first kappa shape index (κ1) is 31.4. The van der Waals surface area contributed by atoms with Crippen molar-refractivity contribution >= 4 is 24.3 Å². The molecule has 0 spiro atoms. The van der Waals surface area contributed by atoms with Crippen molar-refractivity contribution < 1.29 is 19.1 Å². The number of carbonyl (C=O) groups is 2. The van der Waals surface area contributed by atoms with Crippen LogP contribution in [0.25, 0.3) is 0 Å². The van der Waals surface area contributed by atoms with Crippen molar-refractivity contribution in [1.82, 2.24) is 9.80 Å². The van der Waals surface area contributed by atoms with Crippen LogP contribution in [0.15, 0.2) is 37.0 Å². The molecule has 0 fully saturated rings. The molecule has 0 bridgehead atoms. The van der Waals surface area contributed by atoms with E-state index in [1.54, 1.807) is 13.8 Å². The molecule has 0 unspecified atom stereocenters. The van der Waals surface area contributed by atoms with E-state index in [0.717, 1.165) is 12.8 Å². The number of hydrogen-bond donors (Lipinski definition) is 0. The van der Waals surface area contributed by atoms with Crippen LogP contribution >= 0.6 is 12.4 Å². The monoisotopic (exact) mass is 484 g/mol. The third-order valence-electron chi connectivity index (χ3n) is 5.88. The van der Waals surface area contributed by atoms with Crippen molar-refractivity contribution in [2.75, 3.05) is 19.7 Å². The third kappa shape index (κ3) is 8.58. The van der Waals surface area contributed by atoms with Gasteiger partial charge in [0.15, 0.2) is 0 Å². The molecule has 0 saturated heterocycles. The van der Waals surface area contributed by atoms with Crippen molar-refractivity contribution in [3.8, 4) is 0 Å². The Kier molecular flexibility index (Phi) is 13.9. The van der Waals surface area contributed by atoms with E-state index in [-0.39, 0.29) is 42.5 Å². The molecule has 1 rings (SSSR count). The van der Waals surface area contributed by atoms with Gasteiger partial charge in [0.2, 0.25) is 5.91 Å². The second-order valence-corrected chi connectivity index (χ2v) is 9.30. The van der Waals surface area contributed by atoms with E-state index in [1.165, 1.54) is 0 Å². The maximum absolute atomic E-state index is 13.0. The number of hydrogen-bond acceptors (Lipinski definition) is 5. The molecule has 0 heterocycles. The van der Waals surface area contributed by atoms with Crippen LogP contribution in [0.4, 0.5) is 0 Å². The highest BCUT2D eigenvalue weighted by atomic mass is 35.5. The first-order valence-electron chi connectivity index (χ1n) is 11.8. The van der Waals surface area contributed by atoms with Crippen LogP contribution in [-0.4, -0.2) is 71.2 Å². The third-order valence-corrected chi connectivity index (χ3v) is 5.88. The van der Waals surface area contributed by atoms with Gasteiger partial charge < -0.3 is 14.4 Å². The van der Waals surface area contributed by atoms with Gasteiger partial charge in [-0.2, -0.15) is 0 Å². The van der Waals surface area contributed by atoms with E-state index >= 15 is 0 Å². The Morgan fingerprint density at radius 3 is 2.09 bits per heavy atom. The summed E-state index contributed by atoms with van der Waals surface area (Å²) in [5.74, 6) is -0.341. The van der Waals surface area contributed by atoms with Crippen molar-refractivity contribution in [1.29, 1.82) is 0 Å². The van der Waals surface area contributed by atoms with Gasteiger partial charge in [-0.1, -0.05) is 26.0 Å². The first-order chi connectivity index (χ1) is 15.0. The minimum atomic E-state index is -0.432. The zero-order valence-electron chi connectivity index (χ0n) is 21.6. The van der Waals surface area contributed by atoms with E-state index in [1.807, 2.05) is 43.9 Å². The molecule has 7 heteroatoms. The summed E-state index contributed by atoms with van der Waals surface area (Å²) in [5.41, 5.74) is 0.174. The first-order valence-corrected chi connectivity index (χ1v) is 11.8. The molecule has 0 saturated carbocycles. The normalized spacial score (nSPS) is 20.6. The van der Waals surface area contributed by atoms with Gasteiger partial charge in [0.05, 0.1) is 24.9 Å². The van der Waals surface area contributed by atoms with Crippen LogP contribution in [0.2, 0.25) is 0 Å². The zero-order valence-corrected chi connectivity index (χ0v) is 22.5. The Bertz CT molecular complexity index is 672. The van der Waals surface area contributed by atoms with Gasteiger partial charge in [-0.15, -0.1) is 25.6 Å². The molecular weight excluding hydrogens is 440 g/mol. The fourth-order valence-electron chi connectivity index (χ4n) is 4.60. The number of amides is 1. The summed E-state index contributed by atoms with van der Waals surface area (Å²) >= 11 is 0. The van der Waals surface area contributed by atoms with E-state index in [4.69, 9.17) is 9.47 Å². The minimum absolute atomic E-state index is 0. The molecule has 1 aliphatic carbocycles. The maximum Gasteiger partial charge on any atom is 0.333 e. The van der Waals surface area contributed by atoms with Crippen LogP contribution in [0.1, 0.15) is 67.7 Å². The number of esters is 1. The second-order valence-electron chi connectivity index (χ2n) is 9.30. The lowest BCUT2D eigenvalue weighted by Crippen LogP contribution is -2.65. The average Bonchev–Trinajstić information content (AvgIpc) is 2.71. The predicted molar refractivity (Wildman–Crippen MR) is 138 cm³/mol. The summed E-state index contributed by atoms with van der Waals surface area (Å²) in [5, 5.41) is 0. The lowest BCUT2D eigenvalue weighted by molar-refractivity contribution is -0.149. The molecule has 0 N–H and O–H groups in total. The highest BCUT2D eigenvalue weighted by Crippen LogP contribution is 2.34. The molecule has 1 amide bonds. The number of carbonyl (C=O) groups excluding carboxylic acids is 2. The van der Waals surface area contributed by atoms with Crippen LogP contribution < -0.4 is 0 Å². The molecule has 33 heavy (non-hydrogen) atoms. The molecule has 3 atom stereocenters. The Morgan fingerprint density at radius 1 is 1.15 bits per heavy atom. The predicted octanol–water partition coefficient (Wildman–Crippen LogP) is 4.93. The largest absolute Gasteiger partial charge is 0.463 e. The SMILES string of the molecule is C=CCN(CC=C)[C@H]1CC(C(=O)OCC)=C[C@@H](OC(CC)CC)[C@@H]1N(C(C)=O)C(C)(C)C.Cl. The minimum Gasteiger partial charge on any atom is -0.463 e. The Balaban J connectivity index is 0.0000102. The number of ether oxygens (including phenoxy) is 2. The van der Waals surface area contributed by atoms with Crippen molar-refractivity contribution in [3.63, 3.8) is 0 Å². The van der Waals surface area contributed by atoms with Gasteiger partial charge in [-0.25, -0.2) is 4.79 Å². The van der Waals surface area contributed by atoms with Gasteiger partial charge in [-0.05, 0) is 53.0 Å². The van der Waals surface area contributed by atoms with Crippen molar-refractivity contribution in [2.24, 2.45) is 0 Å². The standard InChI is InChI=1S/C26H44N2O4.ClH/c1-10-15-27(16-11-2)22-17-20(25(30)31-14-5)18-23(32-21(12-3)13-4)24(22)28(19(6)29)26(7,8)9;/h10-11,18,21-24H,1-2,12-17H2,3-9H3;1H/t22-,23+,24+;/m0./s1. The molecule has 0 aromatic carbocycles. The summed E-state index contributed by atoms with van der Waals surface area (Å²) in [6.07, 6.45) is 7.34. The van der Waals surface area contributed by atoms with Gasteiger partial charge in [0, 0.05) is 37.2 Å². The summed E-state index contributed by atoms with van der Waals surface area (Å²) in [4.78, 5) is 29.9. The number of nitrogens with zero attached hydrogens (tertiary/aromatic N) is 2.